The number of hydrogen-bond donors (Lipinski definition) is 2. The molecule has 2 amide bonds. The minimum absolute atomic E-state index is 0.425. The van der Waals surface area contributed by atoms with E-state index in [9.17, 15) is 9.59 Å². The van der Waals surface area contributed by atoms with Gasteiger partial charge >= 0.3 is 12.2 Å². The summed E-state index contributed by atoms with van der Waals surface area (Å²) in [6, 6.07) is 26.1. The molecule has 0 fully saturated rings. The molecule has 240 valence electrons. The van der Waals surface area contributed by atoms with Gasteiger partial charge in [0.1, 0.15) is 11.2 Å². The number of aryl methyl sites for hydroxylation is 6. The quantitative estimate of drug-likeness (QED) is 0.239. The van der Waals surface area contributed by atoms with Crippen molar-refractivity contribution in [3.63, 3.8) is 0 Å². The molecule has 0 saturated heterocycles. The Hall–Kier alpha value is -4.58. The number of amides is 2. The Morgan fingerprint density at radius 1 is 0.543 bits per heavy atom. The van der Waals surface area contributed by atoms with Gasteiger partial charge in [-0.1, -0.05) is 60.7 Å². The zero-order valence-corrected chi connectivity index (χ0v) is 28.4. The molecule has 4 aromatic rings. The summed E-state index contributed by atoms with van der Waals surface area (Å²) < 4.78 is 11.0. The van der Waals surface area contributed by atoms with Crippen LogP contribution in [0.25, 0.3) is 22.3 Å². The third-order valence-electron chi connectivity index (χ3n) is 8.13. The summed E-state index contributed by atoms with van der Waals surface area (Å²) in [5.41, 5.74) is 11.9. The molecule has 4 aromatic carbocycles. The van der Waals surface area contributed by atoms with Crippen LogP contribution in [0.5, 0.6) is 0 Å². The largest absolute Gasteiger partial charge is 0.444 e. The van der Waals surface area contributed by atoms with Gasteiger partial charge in [0, 0.05) is 0 Å². The molecular weight excluding hydrogens is 572 g/mol. The fourth-order valence-electron chi connectivity index (χ4n) is 5.75. The Morgan fingerprint density at radius 3 is 1.52 bits per heavy atom. The molecule has 6 heteroatoms. The van der Waals surface area contributed by atoms with E-state index in [4.69, 9.17) is 9.47 Å². The van der Waals surface area contributed by atoms with Crippen molar-refractivity contribution in [2.45, 2.75) is 92.3 Å². The molecule has 0 aliphatic heterocycles. The number of ether oxygens (including phenoxy) is 2. The van der Waals surface area contributed by atoms with Crippen LogP contribution in [-0.2, 0) is 35.2 Å². The average Bonchev–Trinajstić information content (AvgIpc) is 2.94. The van der Waals surface area contributed by atoms with E-state index in [0.717, 1.165) is 36.8 Å². The van der Waals surface area contributed by atoms with Crippen molar-refractivity contribution in [1.29, 1.82) is 0 Å². The summed E-state index contributed by atoms with van der Waals surface area (Å²) in [7, 11) is 0. The van der Waals surface area contributed by atoms with Crippen molar-refractivity contribution in [2.24, 2.45) is 0 Å². The van der Waals surface area contributed by atoms with Crippen LogP contribution in [0.15, 0.2) is 72.8 Å². The minimum Gasteiger partial charge on any atom is -0.444 e. The number of anilines is 2. The molecule has 2 N–H and O–H groups in total. The Kier molecular flexibility index (Phi) is 9.29. The van der Waals surface area contributed by atoms with Gasteiger partial charge in [-0.05, 0) is 149 Å². The molecule has 0 spiro atoms. The first-order valence-corrected chi connectivity index (χ1v) is 16.1. The van der Waals surface area contributed by atoms with Crippen molar-refractivity contribution < 1.29 is 19.1 Å². The molecule has 0 saturated carbocycles. The van der Waals surface area contributed by atoms with Crippen molar-refractivity contribution in [2.75, 3.05) is 10.6 Å². The third-order valence-corrected chi connectivity index (χ3v) is 8.13. The third kappa shape index (κ3) is 8.36. The molecule has 0 unspecified atom stereocenters. The number of carbonyl (C=O) groups excluding carboxylic acids is 2. The highest BCUT2D eigenvalue weighted by Gasteiger charge is 2.21. The molecule has 6 nitrogen and oxygen atoms in total. The Bertz CT molecular complexity index is 1780. The number of hydrogen-bond acceptors (Lipinski definition) is 4. The predicted molar refractivity (Wildman–Crippen MR) is 188 cm³/mol. The number of rotatable bonds is 4. The molecule has 4 aliphatic carbocycles. The SMILES string of the molecule is Cc1ccc(-c2cc3ccc2CCc2ccc(c(-c4ccc(NC(=O)OC(C)(C)C)c(NC(=O)OC(C)(C)C)c4)c2)CC3)cc1C. The maximum Gasteiger partial charge on any atom is 0.412 e. The summed E-state index contributed by atoms with van der Waals surface area (Å²) in [6.07, 6.45) is 2.36. The van der Waals surface area contributed by atoms with Crippen LogP contribution in [0, 0.1) is 13.8 Å². The number of benzene rings is 4. The van der Waals surface area contributed by atoms with Crippen LogP contribution in [0.1, 0.15) is 74.9 Å². The lowest BCUT2D eigenvalue weighted by molar-refractivity contribution is 0.0621. The summed E-state index contributed by atoms with van der Waals surface area (Å²) in [4.78, 5) is 25.6. The molecule has 0 aromatic heterocycles. The monoisotopic (exact) mass is 618 g/mol. The van der Waals surface area contributed by atoms with Crippen molar-refractivity contribution in [3.8, 4) is 22.3 Å². The molecule has 4 bridgehead atoms. The van der Waals surface area contributed by atoms with E-state index in [2.05, 4.69) is 79.1 Å². The lowest BCUT2D eigenvalue weighted by Crippen LogP contribution is -2.29. The van der Waals surface area contributed by atoms with Crippen LogP contribution < -0.4 is 10.6 Å². The zero-order valence-electron chi connectivity index (χ0n) is 28.4. The second kappa shape index (κ2) is 13.0. The van der Waals surface area contributed by atoms with Gasteiger partial charge in [0.05, 0.1) is 11.4 Å². The first kappa shape index (κ1) is 32.8. The van der Waals surface area contributed by atoms with Gasteiger partial charge in [-0.3, -0.25) is 10.6 Å². The van der Waals surface area contributed by atoms with Crippen LogP contribution in [-0.4, -0.2) is 23.4 Å². The molecule has 8 rings (SSSR count). The van der Waals surface area contributed by atoms with E-state index in [1.165, 1.54) is 44.5 Å². The normalized spacial score (nSPS) is 13.0. The molecule has 0 radical (unpaired) electrons. The highest BCUT2D eigenvalue weighted by atomic mass is 16.6. The van der Waals surface area contributed by atoms with Gasteiger partial charge < -0.3 is 9.47 Å². The fourth-order valence-corrected chi connectivity index (χ4v) is 5.75. The average molecular weight is 619 g/mol. The van der Waals surface area contributed by atoms with Crippen molar-refractivity contribution >= 4 is 23.6 Å². The first-order chi connectivity index (χ1) is 21.6. The van der Waals surface area contributed by atoms with Crippen molar-refractivity contribution in [1.82, 2.24) is 0 Å². The lowest BCUT2D eigenvalue weighted by atomic mass is 9.87. The van der Waals surface area contributed by atoms with E-state index in [1.807, 2.05) is 53.7 Å². The van der Waals surface area contributed by atoms with Gasteiger partial charge in [-0.2, -0.15) is 0 Å². The van der Waals surface area contributed by atoms with E-state index in [-0.39, 0.29) is 0 Å². The smallest absolute Gasteiger partial charge is 0.412 e. The summed E-state index contributed by atoms with van der Waals surface area (Å²) >= 11 is 0. The summed E-state index contributed by atoms with van der Waals surface area (Å²) in [5, 5.41) is 5.66. The second-order valence-corrected chi connectivity index (χ2v) is 14.3. The summed E-state index contributed by atoms with van der Waals surface area (Å²) in [6.45, 7) is 15.2. The first-order valence-electron chi connectivity index (χ1n) is 16.1. The lowest BCUT2D eigenvalue weighted by Gasteiger charge is -2.23. The maximum absolute atomic E-state index is 12.9. The number of carbonyl (C=O) groups is 2. The Morgan fingerprint density at radius 2 is 1.02 bits per heavy atom. The van der Waals surface area contributed by atoms with Gasteiger partial charge in [0.15, 0.2) is 0 Å². The second-order valence-electron chi connectivity index (χ2n) is 14.3. The van der Waals surface area contributed by atoms with Crippen LogP contribution in [0.2, 0.25) is 0 Å². The predicted octanol–water partition coefficient (Wildman–Crippen LogP) is 10.2. The van der Waals surface area contributed by atoms with E-state index in [0.29, 0.717) is 11.4 Å². The standard InChI is InChI=1S/C40H46N2O4/c1-25-9-14-31(21-26(25)2)33-22-27-10-15-29(33)16-11-28-13-18-30(17-12-27)34(23-28)32-19-20-35(41-37(43)45-39(3,4)5)36(24-32)42-38(44)46-40(6,7)8/h9-10,13-15,18-24H,11-12,16-17H2,1-8H3,(H,41,43)(H,42,44). The Labute approximate surface area is 273 Å². The van der Waals surface area contributed by atoms with Crippen LogP contribution in [0.4, 0.5) is 21.0 Å². The van der Waals surface area contributed by atoms with E-state index < -0.39 is 23.4 Å². The molecule has 4 aliphatic rings. The molecule has 0 atom stereocenters. The van der Waals surface area contributed by atoms with Gasteiger partial charge in [-0.15, -0.1) is 0 Å². The number of nitrogens with one attached hydrogen (secondary N) is 2. The topological polar surface area (TPSA) is 76.7 Å². The Balaban J connectivity index is 1.49. The molecule has 46 heavy (non-hydrogen) atoms. The highest BCUT2D eigenvalue weighted by molar-refractivity contribution is 5.97. The van der Waals surface area contributed by atoms with Crippen LogP contribution >= 0.6 is 0 Å². The minimum atomic E-state index is -0.678. The van der Waals surface area contributed by atoms with Crippen LogP contribution in [0.3, 0.4) is 0 Å². The molecular formula is C40H46N2O4. The maximum atomic E-state index is 12.9. The molecule has 0 heterocycles. The highest BCUT2D eigenvalue weighted by Crippen LogP contribution is 2.35. The van der Waals surface area contributed by atoms with Gasteiger partial charge in [-0.25, -0.2) is 9.59 Å². The van der Waals surface area contributed by atoms with Gasteiger partial charge in [0.2, 0.25) is 0 Å². The van der Waals surface area contributed by atoms with Gasteiger partial charge in [0.25, 0.3) is 0 Å². The zero-order chi connectivity index (χ0) is 33.2. The summed E-state index contributed by atoms with van der Waals surface area (Å²) in [5.74, 6) is 0. The van der Waals surface area contributed by atoms with Crippen molar-refractivity contribution in [3.05, 3.63) is 106 Å². The van der Waals surface area contributed by atoms with E-state index in [1.54, 1.807) is 6.07 Å². The van der Waals surface area contributed by atoms with E-state index >= 15 is 0 Å². The fraction of sp³-hybridized carbons (Fsp3) is 0.350.